The monoisotopic (exact) mass is 278 g/mol. The number of benzene rings is 1. The molecule has 2 nitrogen and oxygen atoms in total. The van der Waals surface area contributed by atoms with Crippen molar-refractivity contribution < 1.29 is 0 Å². The first-order valence-electron chi connectivity index (χ1n) is 7.38. The Bertz CT molecular complexity index is 371. The Morgan fingerprint density at radius 1 is 1.21 bits per heavy atom. The van der Waals surface area contributed by atoms with Gasteiger partial charge >= 0.3 is 0 Å². The Kier molecular flexibility index (Phi) is 6.05. The highest BCUT2D eigenvalue weighted by Crippen LogP contribution is 2.23. The number of nitrogens with one attached hydrogen (secondary N) is 1. The van der Waals surface area contributed by atoms with Crippen LogP contribution in [0.2, 0.25) is 0 Å². The minimum atomic E-state index is 0.710. The van der Waals surface area contributed by atoms with E-state index in [9.17, 15) is 0 Å². The normalized spacial score (nSPS) is 16.7. The molecule has 1 aromatic carbocycles. The predicted octanol–water partition coefficient (Wildman–Crippen LogP) is 3.38. The van der Waals surface area contributed by atoms with Crippen LogP contribution in [-0.4, -0.2) is 31.1 Å². The third kappa shape index (κ3) is 4.73. The molecule has 19 heavy (non-hydrogen) atoms. The summed E-state index contributed by atoms with van der Waals surface area (Å²) >= 11 is 2.08. The van der Waals surface area contributed by atoms with Crippen LogP contribution in [0.5, 0.6) is 0 Å². The van der Waals surface area contributed by atoms with Gasteiger partial charge in [0, 0.05) is 31.1 Å². The average Bonchev–Trinajstić information content (AvgIpc) is 2.68. The van der Waals surface area contributed by atoms with E-state index >= 15 is 0 Å². The van der Waals surface area contributed by atoms with Gasteiger partial charge in [0.25, 0.3) is 0 Å². The van der Waals surface area contributed by atoms with Crippen LogP contribution in [0.3, 0.4) is 0 Å². The van der Waals surface area contributed by atoms with Crippen molar-refractivity contribution in [2.75, 3.05) is 36.0 Å². The van der Waals surface area contributed by atoms with Gasteiger partial charge < -0.3 is 10.2 Å². The van der Waals surface area contributed by atoms with Crippen LogP contribution in [0, 0.1) is 5.92 Å². The number of anilines is 1. The van der Waals surface area contributed by atoms with Crippen LogP contribution in [0.1, 0.15) is 25.8 Å². The molecule has 2 rings (SSSR count). The van der Waals surface area contributed by atoms with Gasteiger partial charge in [0.15, 0.2) is 0 Å². The third-order valence-electron chi connectivity index (χ3n) is 3.42. The van der Waals surface area contributed by atoms with Crippen molar-refractivity contribution in [3.63, 3.8) is 0 Å². The molecule has 0 bridgehead atoms. The van der Waals surface area contributed by atoms with Crippen molar-refractivity contribution >= 4 is 17.4 Å². The standard InChI is InChI=1S/C16H26N2S/c1-14(2)12-17-13-15-6-3-4-7-16(15)18-8-5-10-19-11-9-18/h3-4,6-7,14,17H,5,8-13H2,1-2H3. The minimum absolute atomic E-state index is 0.710. The summed E-state index contributed by atoms with van der Waals surface area (Å²) in [7, 11) is 0. The second kappa shape index (κ2) is 7.81. The lowest BCUT2D eigenvalue weighted by Crippen LogP contribution is -2.28. The lowest BCUT2D eigenvalue weighted by atomic mass is 10.1. The fourth-order valence-electron chi connectivity index (χ4n) is 2.45. The SMILES string of the molecule is CC(C)CNCc1ccccc1N1CCCSCC1. The van der Waals surface area contributed by atoms with Crippen LogP contribution in [0.25, 0.3) is 0 Å². The van der Waals surface area contributed by atoms with Gasteiger partial charge in [-0.15, -0.1) is 0 Å². The molecular weight excluding hydrogens is 252 g/mol. The summed E-state index contributed by atoms with van der Waals surface area (Å²) in [4.78, 5) is 2.56. The number of hydrogen-bond donors (Lipinski definition) is 1. The van der Waals surface area contributed by atoms with Gasteiger partial charge in [-0.2, -0.15) is 11.8 Å². The molecule has 0 aromatic heterocycles. The van der Waals surface area contributed by atoms with Gasteiger partial charge in [0.1, 0.15) is 0 Å². The van der Waals surface area contributed by atoms with Gasteiger partial charge in [-0.25, -0.2) is 0 Å². The van der Waals surface area contributed by atoms with Gasteiger partial charge in [0.05, 0.1) is 0 Å². The van der Waals surface area contributed by atoms with Gasteiger partial charge in [0.2, 0.25) is 0 Å². The van der Waals surface area contributed by atoms with Crippen molar-refractivity contribution in [3.8, 4) is 0 Å². The van der Waals surface area contributed by atoms with E-state index in [0.29, 0.717) is 5.92 Å². The zero-order chi connectivity index (χ0) is 13.5. The minimum Gasteiger partial charge on any atom is -0.370 e. The van der Waals surface area contributed by atoms with Gasteiger partial charge in [-0.1, -0.05) is 32.0 Å². The largest absolute Gasteiger partial charge is 0.370 e. The van der Waals surface area contributed by atoms with E-state index in [1.165, 1.54) is 42.3 Å². The predicted molar refractivity (Wildman–Crippen MR) is 87.1 cm³/mol. The van der Waals surface area contributed by atoms with Crippen molar-refractivity contribution in [1.29, 1.82) is 0 Å². The quantitative estimate of drug-likeness (QED) is 0.889. The maximum absolute atomic E-state index is 3.56. The van der Waals surface area contributed by atoms with E-state index in [0.717, 1.165) is 13.1 Å². The third-order valence-corrected chi connectivity index (χ3v) is 4.47. The smallest absolute Gasteiger partial charge is 0.0412 e. The zero-order valence-electron chi connectivity index (χ0n) is 12.2. The van der Waals surface area contributed by atoms with Crippen LogP contribution in [0.15, 0.2) is 24.3 Å². The number of nitrogens with zero attached hydrogens (tertiary/aromatic N) is 1. The first-order valence-corrected chi connectivity index (χ1v) is 8.54. The fraction of sp³-hybridized carbons (Fsp3) is 0.625. The molecule has 0 spiro atoms. The summed E-state index contributed by atoms with van der Waals surface area (Å²) in [6.45, 7) is 8.97. The van der Waals surface area contributed by atoms with E-state index in [1.54, 1.807) is 0 Å². The van der Waals surface area contributed by atoms with Crippen molar-refractivity contribution in [2.45, 2.75) is 26.8 Å². The maximum Gasteiger partial charge on any atom is 0.0412 e. The second-order valence-electron chi connectivity index (χ2n) is 5.61. The second-order valence-corrected chi connectivity index (χ2v) is 6.83. The number of rotatable bonds is 5. The molecule has 0 radical (unpaired) electrons. The lowest BCUT2D eigenvalue weighted by molar-refractivity contribution is 0.552. The molecule has 0 amide bonds. The molecule has 1 heterocycles. The number of thioether (sulfide) groups is 1. The van der Waals surface area contributed by atoms with E-state index in [1.807, 2.05) is 0 Å². The first kappa shape index (κ1) is 14.7. The Morgan fingerprint density at radius 2 is 2.05 bits per heavy atom. The van der Waals surface area contributed by atoms with Crippen molar-refractivity contribution in [2.24, 2.45) is 5.92 Å². The van der Waals surface area contributed by atoms with E-state index in [4.69, 9.17) is 0 Å². The summed E-state index contributed by atoms with van der Waals surface area (Å²) in [5.41, 5.74) is 2.87. The molecule has 106 valence electrons. The molecular formula is C16H26N2S. The van der Waals surface area contributed by atoms with Crippen molar-refractivity contribution in [3.05, 3.63) is 29.8 Å². The molecule has 0 atom stereocenters. The summed E-state index contributed by atoms with van der Waals surface area (Å²) < 4.78 is 0. The summed E-state index contributed by atoms with van der Waals surface area (Å²) in [6, 6.07) is 8.87. The Hall–Kier alpha value is -0.670. The Balaban J connectivity index is 2.02. The first-order chi connectivity index (χ1) is 9.27. The molecule has 1 fully saturated rings. The van der Waals surface area contributed by atoms with Crippen molar-refractivity contribution in [1.82, 2.24) is 5.32 Å². The van der Waals surface area contributed by atoms with E-state index in [2.05, 4.69) is 60.1 Å². The Labute approximate surface area is 122 Å². The van der Waals surface area contributed by atoms with Crippen LogP contribution in [0.4, 0.5) is 5.69 Å². The number of hydrogen-bond acceptors (Lipinski definition) is 3. The molecule has 0 unspecified atom stereocenters. The highest BCUT2D eigenvalue weighted by atomic mass is 32.2. The van der Waals surface area contributed by atoms with Crippen LogP contribution in [-0.2, 0) is 6.54 Å². The maximum atomic E-state index is 3.56. The molecule has 1 saturated heterocycles. The van der Waals surface area contributed by atoms with Crippen LogP contribution >= 0.6 is 11.8 Å². The molecule has 0 aliphatic carbocycles. The molecule has 1 N–H and O–H groups in total. The van der Waals surface area contributed by atoms with Gasteiger partial charge in [-0.05, 0) is 36.3 Å². The number of para-hydroxylation sites is 1. The van der Waals surface area contributed by atoms with E-state index < -0.39 is 0 Å². The molecule has 1 aromatic rings. The average molecular weight is 278 g/mol. The Morgan fingerprint density at radius 3 is 2.89 bits per heavy atom. The highest BCUT2D eigenvalue weighted by molar-refractivity contribution is 7.99. The molecule has 1 aliphatic heterocycles. The topological polar surface area (TPSA) is 15.3 Å². The molecule has 1 aliphatic rings. The van der Waals surface area contributed by atoms with E-state index in [-0.39, 0.29) is 0 Å². The molecule has 0 saturated carbocycles. The zero-order valence-corrected chi connectivity index (χ0v) is 13.0. The summed E-state index contributed by atoms with van der Waals surface area (Å²) in [5.74, 6) is 3.28. The lowest BCUT2D eigenvalue weighted by Gasteiger charge is -2.25. The van der Waals surface area contributed by atoms with Gasteiger partial charge in [-0.3, -0.25) is 0 Å². The van der Waals surface area contributed by atoms with Crippen LogP contribution < -0.4 is 10.2 Å². The summed E-state index contributed by atoms with van der Waals surface area (Å²) in [6.07, 6.45) is 1.30. The highest BCUT2D eigenvalue weighted by Gasteiger charge is 2.13. The molecule has 3 heteroatoms. The fourth-order valence-corrected chi connectivity index (χ4v) is 3.34. The summed E-state index contributed by atoms with van der Waals surface area (Å²) in [5, 5.41) is 3.56.